The van der Waals surface area contributed by atoms with E-state index in [9.17, 15) is 26.7 Å². The van der Waals surface area contributed by atoms with Crippen LogP contribution in [0, 0.1) is 25.5 Å². The van der Waals surface area contributed by atoms with Crippen LogP contribution in [0.2, 0.25) is 0 Å². The van der Waals surface area contributed by atoms with Gasteiger partial charge in [0.05, 0.1) is 0 Å². The third-order valence-corrected chi connectivity index (χ3v) is 4.27. The molecule has 3 rings (SSSR count). The van der Waals surface area contributed by atoms with Gasteiger partial charge in [-0.3, -0.25) is 4.79 Å². The van der Waals surface area contributed by atoms with E-state index in [2.05, 4.69) is 5.32 Å². The highest BCUT2D eigenvalue weighted by molar-refractivity contribution is 6.04. The zero-order chi connectivity index (χ0) is 22.1. The fraction of sp³-hybridized carbons (Fsp3) is 0.136. The van der Waals surface area contributed by atoms with E-state index in [-0.39, 0.29) is 17.0 Å². The zero-order valence-corrected chi connectivity index (χ0v) is 15.9. The van der Waals surface area contributed by atoms with Gasteiger partial charge in [0, 0.05) is 5.69 Å². The van der Waals surface area contributed by atoms with Gasteiger partial charge in [-0.2, -0.15) is 13.2 Å². The average Bonchev–Trinajstić information content (AvgIpc) is 2.63. The molecule has 0 aliphatic carbocycles. The second-order valence-electron chi connectivity index (χ2n) is 6.63. The lowest BCUT2D eigenvalue weighted by Gasteiger charge is -2.16. The van der Waals surface area contributed by atoms with Gasteiger partial charge in [-0.05, 0) is 61.4 Å². The Bertz CT molecular complexity index is 1090. The van der Waals surface area contributed by atoms with E-state index in [0.29, 0.717) is 11.6 Å². The molecule has 1 N–H and O–H groups in total. The van der Waals surface area contributed by atoms with E-state index < -0.39 is 40.6 Å². The van der Waals surface area contributed by atoms with Crippen molar-refractivity contribution in [1.29, 1.82) is 0 Å². The smallest absolute Gasteiger partial charge is 0.420 e. The molecule has 0 aromatic heterocycles. The number of para-hydroxylation sites is 1. The van der Waals surface area contributed by atoms with E-state index in [0.717, 1.165) is 24.3 Å². The van der Waals surface area contributed by atoms with Crippen LogP contribution in [0.1, 0.15) is 27.0 Å². The van der Waals surface area contributed by atoms with Gasteiger partial charge < -0.3 is 10.1 Å². The van der Waals surface area contributed by atoms with E-state index >= 15 is 0 Å². The van der Waals surface area contributed by atoms with Gasteiger partial charge in [-0.15, -0.1) is 0 Å². The molecule has 0 atom stereocenters. The average molecular weight is 421 g/mol. The second kappa shape index (κ2) is 8.14. The monoisotopic (exact) mass is 421 g/mol. The maximum Gasteiger partial charge on any atom is 0.420 e. The number of ether oxygens (including phenoxy) is 1. The quantitative estimate of drug-likeness (QED) is 0.479. The standard InChI is InChI=1S/C22H16F5NO2/c1-12-9-16(23)20(17(24)10-12)21(29)28-14-7-8-19(15(11-14)22(25,26)27)30-18-6-4-3-5-13(18)2/h3-11H,1-2H3,(H,28,29). The molecule has 0 fully saturated rings. The number of benzene rings is 3. The van der Waals surface area contributed by atoms with Crippen molar-refractivity contribution in [2.24, 2.45) is 0 Å². The summed E-state index contributed by atoms with van der Waals surface area (Å²) in [6, 6.07) is 11.3. The fourth-order valence-corrected chi connectivity index (χ4v) is 2.82. The molecule has 8 heteroatoms. The molecule has 0 saturated carbocycles. The number of amides is 1. The summed E-state index contributed by atoms with van der Waals surface area (Å²) in [6.07, 6.45) is -4.79. The van der Waals surface area contributed by atoms with E-state index in [4.69, 9.17) is 4.74 Å². The van der Waals surface area contributed by atoms with E-state index in [1.807, 2.05) is 0 Å². The largest absolute Gasteiger partial charge is 0.456 e. The van der Waals surface area contributed by atoms with Crippen molar-refractivity contribution in [2.75, 3.05) is 5.32 Å². The van der Waals surface area contributed by atoms with Crippen LogP contribution >= 0.6 is 0 Å². The van der Waals surface area contributed by atoms with Gasteiger partial charge in [0.1, 0.15) is 34.3 Å². The van der Waals surface area contributed by atoms with Crippen molar-refractivity contribution >= 4 is 11.6 Å². The van der Waals surface area contributed by atoms with Crippen molar-refractivity contribution in [1.82, 2.24) is 0 Å². The molecule has 3 aromatic rings. The van der Waals surface area contributed by atoms with Crippen molar-refractivity contribution < 1.29 is 31.5 Å². The number of rotatable bonds is 4. The summed E-state index contributed by atoms with van der Waals surface area (Å²) in [5, 5.41) is 2.10. The Morgan fingerprint density at radius 2 is 1.53 bits per heavy atom. The van der Waals surface area contributed by atoms with Crippen LogP contribution in [-0.4, -0.2) is 5.91 Å². The number of halogens is 5. The first-order valence-electron chi connectivity index (χ1n) is 8.78. The van der Waals surface area contributed by atoms with Crippen LogP contribution in [0.5, 0.6) is 11.5 Å². The van der Waals surface area contributed by atoms with Gasteiger partial charge in [0.25, 0.3) is 5.91 Å². The molecule has 0 saturated heterocycles. The van der Waals surface area contributed by atoms with Crippen molar-refractivity contribution in [2.45, 2.75) is 20.0 Å². The van der Waals surface area contributed by atoms with Crippen molar-refractivity contribution in [3.05, 3.63) is 88.5 Å². The van der Waals surface area contributed by atoms with E-state index in [1.54, 1.807) is 25.1 Å². The number of nitrogens with one attached hydrogen (secondary N) is 1. The Hall–Kier alpha value is -3.42. The molecule has 0 spiro atoms. The summed E-state index contributed by atoms with van der Waals surface area (Å²) >= 11 is 0. The van der Waals surface area contributed by atoms with Crippen LogP contribution in [0.15, 0.2) is 54.6 Å². The highest BCUT2D eigenvalue weighted by atomic mass is 19.4. The van der Waals surface area contributed by atoms with Gasteiger partial charge in [0.2, 0.25) is 0 Å². The van der Waals surface area contributed by atoms with Gasteiger partial charge >= 0.3 is 6.18 Å². The maximum absolute atomic E-state index is 14.0. The Morgan fingerprint density at radius 3 is 2.13 bits per heavy atom. The SMILES string of the molecule is Cc1cc(F)c(C(=O)Nc2ccc(Oc3ccccc3C)c(C(F)(F)F)c2)c(F)c1. The summed E-state index contributed by atoms with van der Waals surface area (Å²) in [5.41, 5.74) is -1.42. The lowest BCUT2D eigenvalue weighted by Crippen LogP contribution is -2.17. The molecule has 3 aromatic carbocycles. The Kier molecular flexibility index (Phi) is 5.78. The maximum atomic E-state index is 14.0. The third-order valence-electron chi connectivity index (χ3n) is 4.27. The lowest BCUT2D eigenvalue weighted by atomic mass is 10.1. The minimum Gasteiger partial charge on any atom is -0.456 e. The normalized spacial score (nSPS) is 11.3. The van der Waals surface area contributed by atoms with Crippen LogP contribution in [-0.2, 0) is 6.18 Å². The molecule has 0 radical (unpaired) electrons. The zero-order valence-electron chi connectivity index (χ0n) is 15.9. The van der Waals surface area contributed by atoms with Gasteiger partial charge in [-0.25, -0.2) is 8.78 Å². The van der Waals surface area contributed by atoms with Crippen LogP contribution in [0.3, 0.4) is 0 Å². The van der Waals surface area contributed by atoms with Crippen LogP contribution in [0.25, 0.3) is 0 Å². The highest BCUT2D eigenvalue weighted by Crippen LogP contribution is 2.40. The minimum absolute atomic E-state index is 0.239. The first-order valence-corrected chi connectivity index (χ1v) is 8.78. The molecule has 0 bridgehead atoms. The molecular formula is C22H16F5NO2. The number of hydrogen-bond donors (Lipinski definition) is 1. The van der Waals surface area contributed by atoms with Gasteiger partial charge in [-0.1, -0.05) is 18.2 Å². The number of alkyl halides is 3. The first-order chi connectivity index (χ1) is 14.1. The second-order valence-corrected chi connectivity index (χ2v) is 6.63. The number of hydrogen-bond acceptors (Lipinski definition) is 2. The molecule has 0 heterocycles. The predicted molar refractivity (Wildman–Crippen MR) is 102 cm³/mol. The molecule has 156 valence electrons. The molecule has 0 aliphatic heterocycles. The third kappa shape index (κ3) is 4.59. The molecule has 1 amide bonds. The lowest BCUT2D eigenvalue weighted by molar-refractivity contribution is -0.138. The molecule has 0 unspecified atom stereocenters. The van der Waals surface area contributed by atoms with Crippen LogP contribution in [0.4, 0.5) is 27.6 Å². The van der Waals surface area contributed by atoms with Crippen LogP contribution < -0.4 is 10.1 Å². The molecule has 0 aliphatic rings. The van der Waals surface area contributed by atoms with Crippen molar-refractivity contribution in [3.63, 3.8) is 0 Å². The highest BCUT2D eigenvalue weighted by Gasteiger charge is 2.35. The summed E-state index contributed by atoms with van der Waals surface area (Å²) in [5.74, 6) is -3.65. The Labute approximate surface area is 169 Å². The van der Waals surface area contributed by atoms with Crippen molar-refractivity contribution in [3.8, 4) is 11.5 Å². The summed E-state index contributed by atoms with van der Waals surface area (Å²) in [6.45, 7) is 3.12. The first kappa shape index (κ1) is 21.3. The minimum atomic E-state index is -4.79. The summed E-state index contributed by atoms with van der Waals surface area (Å²) in [4.78, 5) is 12.2. The number of anilines is 1. The fourth-order valence-electron chi connectivity index (χ4n) is 2.82. The number of carbonyl (C=O) groups is 1. The predicted octanol–water partition coefficient (Wildman–Crippen LogP) is 6.65. The molecule has 3 nitrogen and oxygen atoms in total. The summed E-state index contributed by atoms with van der Waals surface area (Å²) < 4.78 is 74.0. The number of aryl methyl sites for hydroxylation is 2. The number of carbonyl (C=O) groups excluding carboxylic acids is 1. The molecular weight excluding hydrogens is 405 g/mol. The topological polar surface area (TPSA) is 38.3 Å². The van der Waals surface area contributed by atoms with Gasteiger partial charge in [0.15, 0.2) is 0 Å². The van der Waals surface area contributed by atoms with E-state index in [1.165, 1.54) is 13.0 Å². The Morgan fingerprint density at radius 1 is 0.900 bits per heavy atom. The Balaban J connectivity index is 1.94. The molecule has 30 heavy (non-hydrogen) atoms. The summed E-state index contributed by atoms with van der Waals surface area (Å²) in [7, 11) is 0.